The van der Waals surface area contributed by atoms with Gasteiger partial charge in [-0.3, -0.25) is 0 Å². The minimum Gasteiger partial charge on any atom is -0.494 e. The molecule has 0 bridgehead atoms. The molecule has 1 aromatic carbocycles. The van der Waals surface area contributed by atoms with Crippen molar-refractivity contribution in [3.8, 4) is 5.75 Å². The largest absolute Gasteiger partial charge is 0.494 e. The fraction of sp³-hybridized carbons (Fsp3) is 0.260. The Balaban J connectivity index is 2.09. The van der Waals surface area contributed by atoms with E-state index < -0.39 is 46.0 Å². The van der Waals surface area contributed by atoms with Gasteiger partial charge in [-0.25, -0.2) is 22.4 Å². The molecule has 0 atom stereocenters. The van der Waals surface area contributed by atoms with E-state index in [2.05, 4.69) is 72.7 Å². The van der Waals surface area contributed by atoms with Crippen molar-refractivity contribution in [1.29, 1.82) is 0 Å². The van der Waals surface area contributed by atoms with Crippen LogP contribution in [0.4, 0.5) is 17.6 Å². The second-order valence-corrected chi connectivity index (χ2v) is 13.6. The van der Waals surface area contributed by atoms with Crippen LogP contribution in [0.2, 0.25) is 0 Å². The molecule has 0 aliphatic heterocycles. The Bertz CT molecular complexity index is 1970. The van der Waals surface area contributed by atoms with E-state index >= 15 is 17.6 Å². The van der Waals surface area contributed by atoms with Gasteiger partial charge in [0.2, 0.25) is 0 Å². The van der Waals surface area contributed by atoms with Crippen LogP contribution in [0, 0.1) is 0 Å². The third kappa shape index (κ3) is 14.7. The normalized spacial score (nSPS) is 13.3. The second kappa shape index (κ2) is 24.1. The third-order valence-electron chi connectivity index (χ3n) is 9.32. The summed E-state index contributed by atoms with van der Waals surface area (Å²) in [6, 6.07) is 5.69. The lowest BCUT2D eigenvalue weighted by molar-refractivity contribution is -0.137. The summed E-state index contributed by atoms with van der Waals surface area (Å²) in [5.74, 6) is -4.57. The maximum atomic E-state index is 16.0. The predicted octanol–water partition coefficient (Wildman–Crippen LogP) is 14.7. The highest BCUT2D eigenvalue weighted by Crippen LogP contribution is 2.38. The molecular formula is C50H56F4O3. The Morgan fingerprint density at radius 3 is 2.00 bits per heavy atom. The van der Waals surface area contributed by atoms with Gasteiger partial charge < -0.3 is 9.47 Å². The fourth-order valence-corrected chi connectivity index (χ4v) is 5.60. The van der Waals surface area contributed by atoms with E-state index in [-0.39, 0.29) is 22.3 Å². The fourth-order valence-electron chi connectivity index (χ4n) is 5.60. The molecule has 0 fully saturated rings. The van der Waals surface area contributed by atoms with E-state index in [4.69, 9.17) is 9.47 Å². The highest BCUT2D eigenvalue weighted by Gasteiger charge is 2.23. The number of hydrogen-bond acceptors (Lipinski definition) is 3. The monoisotopic (exact) mass is 780 g/mol. The van der Waals surface area contributed by atoms with E-state index in [0.29, 0.717) is 37.2 Å². The first kappa shape index (κ1) is 47.5. The molecule has 0 saturated heterocycles. The number of allylic oxidation sites excluding steroid dienone is 18. The van der Waals surface area contributed by atoms with Crippen LogP contribution >= 0.6 is 0 Å². The van der Waals surface area contributed by atoms with Crippen LogP contribution in [-0.2, 0) is 16.0 Å². The molecule has 302 valence electrons. The third-order valence-corrected chi connectivity index (χ3v) is 9.32. The molecule has 0 heterocycles. The van der Waals surface area contributed by atoms with Crippen LogP contribution in [0.25, 0.3) is 6.08 Å². The molecule has 57 heavy (non-hydrogen) atoms. The Morgan fingerprint density at radius 1 is 0.719 bits per heavy atom. The van der Waals surface area contributed by atoms with Gasteiger partial charge in [-0.15, -0.1) is 0 Å². The van der Waals surface area contributed by atoms with E-state index in [9.17, 15) is 4.79 Å². The van der Waals surface area contributed by atoms with Crippen LogP contribution < -0.4 is 4.74 Å². The van der Waals surface area contributed by atoms with Crippen LogP contribution in [0.5, 0.6) is 5.75 Å². The lowest BCUT2D eigenvalue weighted by atomic mass is 9.86. The number of fused-ring (bicyclic) bond motifs is 1. The minimum atomic E-state index is -1.54. The average molecular weight is 781 g/mol. The van der Waals surface area contributed by atoms with E-state index in [1.807, 2.05) is 24.3 Å². The van der Waals surface area contributed by atoms with Gasteiger partial charge in [-0.2, -0.15) is 0 Å². The van der Waals surface area contributed by atoms with Gasteiger partial charge in [0.05, 0.1) is 13.2 Å². The van der Waals surface area contributed by atoms with Crippen LogP contribution in [0.3, 0.4) is 0 Å². The average Bonchev–Trinajstić information content (AvgIpc) is 3.21. The number of rotatable bonds is 26. The quantitative estimate of drug-likeness (QED) is 0.0309. The first-order valence-electron chi connectivity index (χ1n) is 19.0. The van der Waals surface area contributed by atoms with Gasteiger partial charge in [0.15, 0.2) is 11.7 Å². The Morgan fingerprint density at radius 2 is 1.37 bits per heavy atom. The number of ether oxygens (including phenoxy) is 2. The van der Waals surface area contributed by atoms with Crippen molar-refractivity contribution >= 4 is 12.0 Å². The number of unbranched alkanes of at least 4 members (excludes halogenated alkanes) is 5. The number of halogens is 4. The Labute approximate surface area is 337 Å². The molecule has 1 aromatic rings. The smallest absolute Gasteiger partial charge is 0.330 e. The number of carbonyl (C=O) groups excluding carboxylic acids is 1. The van der Waals surface area contributed by atoms with E-state index in [1.165, 1.54) is 0 Å². The topological polar surface area (TPSA) is 35.5 Å². The van der Waals surface area contributed by atoms with Gasteiger partial charge in [0.1, 0.15) is 17.4 Å². The van der Waals surface area contributed by atoms with Gasteiger partial charge in [0, 0.05) is 33.9 Å². The first-order chi connectivity index (χ1) is 27.1. The maximum absolute atomic E-state index is 16.0. The number of aryl methyl sites for hydroxylation is 1. The minimum absolute atomic E-state index is 0.0383. The first-order valence-corrected chi connectivity index (χ1v) is 19.0. The summed E-state index contributed by atoms with van der Waals surface area (Å²) in [5, 5.41) is 0. The molecule has 2 rings (SSSR count). The zero-order valence-electron chi connectivity index (χ0n) is 33.5. The molecule has 0 radical (unpaired) electrons. The van der Waals surface area contributed by atoms with Crippen molar-refractivity contribution in [2.24, 2.45) is 0 Å². The van der Waals surface area contributed by atoms with Crippen molar-refractivity contribution in [2.75, 3.05) is 13.2 Å². The molecule has 0 unspecified atom stereocenters. The van der Waals surface area contributed by atoms with Gasteiger partial charge >= 0.3 is 5.97 Å². The van der Waals surface area contributed by atoms with E-state index in [1.54, 1.807) is 12.2 Å². The number of benzene rings is 1. The summed E-state index contributed by atoms with van der Waals surface area (Å²) < 4.78 is 73.0. The lowest BCUT2D eigenvalue weighted by Crippen LogP contribution is -2.05. The summed E-state index contributed by atoms with van der Waals surface area (Å²) in [6.45, 7) is 40.0. The predicted molar refractivity (Wildman–Crippen MR) is 231 cm³/mol. The van der Waals surface area contributed by atoms with Crippen LogP contribution in [0.15, 0.2) is 193 Å². The highest BCUT2D eigenvalue weighted by molar-refractivity contribution is 5.81. The Kier molecular flexibility index (Phi) is 20.0. The van der Waals surface area contributed by atoms with Crippen molar-refractivity contribution in [3.05, 3.63) is 205 Å². The molecule has 3 nitrogen and oxygen atoms in total. The Hall–Kier alpha value is -5.69. The standard InChI is InChI=1S/C50H56F4O3/c1-12-15-18-21-33(4)22-23-34(5)35(6)30-46(51)37(8)39(10)50(54)49(53)38(9)36(7)45(13-2)48(52)40(11)41-24-25-43-32-44(27-26-42(43)31-41)56-28-19-16-17-20-29-57-47(55)14-3/h13-14,22-23,26-27,30-32H,2-12,15-21,24-25,28-29H2,1H3/b23-22-,46-30+,48-45+,50-49-. The van der Waals surface area contributed by atoms with E-state index in [0.717, 1.165) is 92.0 Å². The summed E-state index contributed by atoms with van der Waals surface area (Å²) in [5.41, 5.74) is 1.72. The van der Waals surface area contributed by atoms with Crippen LogP contribution in [0.1, 0.15) is 75.8 Å². The molecule has 0 spiro atoms. The molecule has 0 N–H and O–H groups in total. The van der Waals surface area contributed by atoms with Crippen LogP contribution in [-0.4, -0.2) is 19.2 Å². The lowest BCUT2D eigenvalue weighted by Gasteiger charge is -2.20. The number of carbonyl (C=O) groups is 1. The zero-order valence-corrected chi connectivity index (χ0v) is 33.5. The zero-order chi connectivity index (χ0) is 42.7. The molecule has 1 aliphatic rings. The summed E-state index contributed by atoms with van der Waals surface area (Å²) in [6.07, 6.45) is 17.1. The molecule has 0 amide bonds. The summed E-state index contributed by atoms with van der Waals surface area (Å²) >= 11 is 0. The second-order valence-electron chi connectivity index (χ2n) is 13.6. The van der Waals surface area contributed by atoms with Gasteiger partial charge in [-0.05, 0) is 103 Å². The van der Waals surface area contributed by atoms with Crippen molar-refractivity contribution in [2.45, 2.75) is 71.1 Å². The SMILES string of the molecule is C=CC(=O)OCCCCCCOc1ccc2c(c1)CCC(C(=C)/C(F)=C(/C=C)C(=C)C(=C)/C(F)=C(/F)C(=C)C(=C)/C(F)=C\C(=C)C(=C)/C=C\C(=C)CCCCC)=C2. The van der Waals surface area contributed by atoms with Gasteiger partial charge in [-0.1, -0.05) is 121 Å². The maximum Gasteiger partial charge on any atom is 0.330 e. The summed E-state index contributed by atoms with van der Waals surface area (Å²) in [4.78, 5) is 11.1. The van der Waals surface area contributed by atoms with Crippen molar-refractivity contribution in [3.63, 3.8) is 0 Å². The number of esters is 1. The number of hydrogen-bond donors (Lipinski definition) is 0. The van der Waals surface area contributed by atoms with Crippen molar-refractivity contribution in [1.82, 2.24) is 0 Å². The molecule has 0 aromatic heterocycles. The highest BCUT2D eigenvalue weighted by atomic mass is 19.2. The van der Waals surface area contributed by atoms with Crippen molar-refractivity contribution < 1.29 is 31.8 Å². The summed E-state index contributed by atoms with van der Waals surface area (Å²) in [7, 11) is 0. The molecule has 7 heteroatoms. The molecule has 0 saturated carbocycles. The molecular weight excluding hydrogens is 725 g/mol. The van der Waals surface area contributed by atoms with Gasteiger partial charge in [0.25, 0.3) is 0 Å². The molecule has 1 aliphatic carbocycles.